The maximum atomic E-state index is 14.2. The number of fused-ring (bicyclic) bond motifs is 1. The number of anilines is 2. The van der Waals surface area contributed by atoms with Gasteiger partial charge in [0.05, 0.1) is 26.1 Å². The largest absolute Gasteiger partial charge is 0.466 e. The Morgan fingerprint density at radius 2 is 1.91 bits per heavy atom. The van der Waals surface area contributed by atoms with Crippen LogP contribution in [-0.2, 0) is 39.3 Å². The Bertz CT molecular complexity index is 1570. The van der Waals surface area contributed by atoms with Crippen LogP contribution in [0.2, 0.25) is 0 Å². The molecule has 6 atom stereocenters. The second-order valence-corrected chi connectivity index (χ2v) is 12.1. The molecule has 4 rings (SSSR count). The van der Waals surface area contributed by atoms with Crippen molar-refractivity contribution in [2.75, 3.05) is 31.3 Å². The number of nitrogen functional groups attached to an aromatic ring is 2. The van der Waals surface area contributed by atoms with Crippen LogP contribution in [0.4, 0.5) is 11.8 Å². The van der Waals surface area contributed by atoms with Gasteiger partial charge in [-0.05, 0) is 45.7 Å². The van der Waals surface area contributed by atoms with Crippen molar-refractivity contribution in [3.05, 3.63) is 36.2 Å². The Labute approximate surface area is 258 Å². The fraction of sp³-hybridized carbons (Fsp3) is 0.519. The number of nitrogens with one attached hydrogen (secondary N) is 1. The number of esters is 2. The van der Waals surface area contributed by atoms with E-state index in [1.54, 1.807) is 32.0 Å². The lowest BCUT2D eigenvalue weighted by molar-refractivity contribution is -0.145. The summed E-state index contributed by atoms with van der Waals surface area (Å²) in [6.07, 6.45) is -2.53. The molecule has 0 aliphatic carbocycles. The summed E-state index contributed by atoms with van der Waals surface area (Å²) in [6.45, 7) is 5.81. The van der Waals surface area contributed by atoms with Crippen LogP contribution < -0.4 is 21.1 Å². The lowest BCUT2D eigenvalue weighted by atomic mass is 9.96. The van der Waals surface area contributed by atoms with Crippen molar-refractivity contribution >= 4 is 42.6 Å². The molecule has 0 radical (unpaired) electrons. The zero-order valence-electron chi connectivity index (χ0n) is 25.3. The van der Waals surface area contributed by atoms with E-state index in [0.29, 0.717) is 5.56 Å². The van der Waals surface area contributed by atoms with Gasteiger partial charge in [-0.2, -0.15) is 15.1 Å². The van der Waals surface area contributed by atoms with E-state index >= 15 is 0 Å². The zero-order chi connectivity index (χ0) is 32.9. The summed E-state index contributed by atoms with van der Waals surface area (Å²) in [7, 11) is -4.43. The van der Waals surface area contributed by atoms with Gasteiger partial charge in [0.25, 0.3) is 0 Å². The number of carbonyl (C=O) groups is 2. The smallest absolute Gasteiger partial charge is 0.459 e. The summed E-state index contributed by atoms with van der Waals surface area (Å²) >= 11 is 0. The number of nitrogens with zero attached hydrogens (tertiary/aromatic N) is 4. The van der Waals surface area contributed by atoms with E-state index in [2.05, 4.69) is 20.0 Å². The van der Waals surface area contributed by atoms with E-state index in [-0.39, 0.29) is 54.7 Å². The third-order valence-corrected chi connectivity index (χ3v) is 8.60. The number of para-hydroxylation sites is 1. The van der Waals surface area contributed by atoms with Crippen molar-refractivity contribution in [1.29, 1.82) is 0 Å². The minimum atomic E-state index is -4.43. The van der Waals surface area contributed by atoms with Crippen molar-refractivity contribution in [2.24, 2.45) is 0 Å². The number of hydrogen-bond donors (Lipinski definition) is 5. The molecule has 2 aromatic heterocycles. The number of imidazole rings is 1. The number of carbonyl (C=O) groups excluding carboxylic acids is 2. The van der Waals surface area contributed by atoms with Crippen LogP contribution in [0.25, 0.3) is 11.2 Å². The molecule has 45 heavy (non-hydrogen) atoms. The number of aromatic nitrogens is 4. The van der Waals surface area contributed by atoms with Gasteiger partial charge < -0.3 is 40.4 Å². The highest BCUT2D eigenvalue weighted by Crippen LogP contribution is 2.48. The van der Waals surface area contributed by atoms with Gasteiger partial charge in [0.2, 0.25) is 5.95 Å². The number of nitrogens with two attached hydrogens (primary N) is 2. The van der Waals surface area contributed by atoms with Gasteiger partial charge in [-0.3, -0.25) is 18.7 Å². The van der Waals surface area contributed by atoms with Crippen LogP contribution in [-0.4, -0.2) is 85.3 Å². The van der Waals surface area contributed by atoms with Gasteiger partial charge in [0.15, 0.2) is 17.7 Å². The highest BCUT2D eigenvalue weighted by molar-refractivity contribution is 7.52. The lowest BCUT2D eigenvalue weighted by Gasteiger charge is -2.27. The summed E-state index contributed by atoms with van der Waals surface area (Å²) in [5.74, 6) is -1.14. The molecule has 17 nitrogen and oxygen atoms in total. The topological polar surface area (TPSA) is 245 Å². The molecule has 7 N–H and O–H groups in total. The first-order valence-corrected chi connectivity index (χ1v) is 15.8. The minimum absolute atomic E-state index is 0.0109. The standard InChI is InChI=1S/C27H38N7O10P/c1-5-40-19(35)12-11-16-9-7-8-10-17(16)44-45(39,33-15(3)24(37)41-6-2)42-13-18-21(36)27(4,38)25(43-18)34-14-30-20-22(28)31-26(29)32-23(20)34/h7-10,14-15,18,21,25,36,38H,5-6,11-13H2,1-4H3,(H,33,39)(H4,28,29,31,32)/t15-,18+,21+,25+,27+,45-/m0/s1. The monoisotopic (exact) mass is 651 g/mol. The minimum Gasteiger partial charge on any atom is -0.466 e. The van der Waals surface area contributed by atoms with Crippen LogP contribution in [0.3, 0.4) is 0 Å². The van der Waals surface area contributed by atoms with Crippen LogP contribution in [0.5, 0.6) is 5.75 Å². The number of aryl methyl sites for hydroxylation is 1. The van der Waals surface area contributed by atoms with E-state index in [1.165, 1.54) is 30.8 Å². The fourth-order valence-corrected chi connectivity index (χ4v) is 6.26. The number of hydrogen-bond acceptors (Lipinski definition) is 15. The van der Waals surface area contributed by atoms with Gasteiger partial charge >= 0.3 is 19.7 Å². The maximum absolute atomic E-state index is 14.2. The molecule has 3 heterocycles. The third kappa shape index (κ3) is 7.69. The van der Waals surface area contributed by atoms with E-state index in [0.717, 1.165) is 0 Å². The summed E-state index contributed by atoms with van der Waals surface area (Å²) < 4.78 is 43.1. The van der Waals surface area contributed by atoms with Crippen molar-refractivity contribution in [3.8, 4) is 5.75 Å². The molecule has 1 aromatic carbocycles. The molecular formula is C27H38N7O10P. The van der Waals surface area contributed by atoms with Crippen molar-refractivity contribution in [3.63, 3.8) is 0 Å². The summed E-state index contributed by atoms with van der Waals surface area (Å²) in [4.78, 5) is 36.5. The molecule has 3 aromatic rings. The number of benzene rings is 1. The van der Waals surface area contributed by atoms with E-state index < -0.39 is 56.4 Å². The van der Waals surface area contributed by atoms with E-state index in [1.807, 2.05) is 0 Å². The molecule has 0 spiro atoms. The predicted molar refractivity (Wildman–Crippen MR) is 160 cm³/mol. The number of rotatable bonds is 14. The number of aliphatic hydroxyl groups is 2. The second-order valence-electron chi connectivity index (χ2n) is 10.4. The summed E-state index contributed by atoms with van der Waals surface area (Å²) in [6, 6.07) is 5.41. The van der Waals surface area contributed by atoms with Crippen molar-refractivity contribution < 1.29 is 47.6 Å². The zero-order valence-corrected chi connectivity index (χ0v) is 26.2. The van der Waals surface area contributed by atoms with Gasteiger partial charge in [-0.25, -0.2) is 9.55 Å². The molecule has 18 heteroatoms. The van der Waals surface area contributed by atoms with Gasteiger partial charge in [0.1, 0.15) is 35.1 Å². The Hall–Kier alpha value is -3.86. The lowest BCUT2D eigenvalue weighted by Crippen LogP contribution is -2.44. The Kier molecular flexibility index (Phi) is 10.6. The molecule has 1 aliphatic heterocycles. The first kappa shape index (κ1) is 34.0. The van der Waals surface area contributed by atoms with Crippen LogP contribution in [0, 0.1) is 0 Å². The molecule has 0 unspecified atom stereocenters. The highest BCUT2D eigenvalue weighted by Gasteiger charge is 2.54. The fourth-order valence-electron chi connectivity index (χ4n) is 4.72. The molecule has 1 saturated heterocycles. The number of ether oxygens (including phenoxy) is 3. The molecule has 0 amide bonds. The highest BCUT2D eigenvalue weighted by atomic mass is 31.2. The first-order chi connectivity index (χ1) is 21.3. The summed E-state index contributed by atoms with van der Waals surface area (Å²) in [5.41, 5.74) is 10.6. The Balaban J connectivity index is 1.57. The van der Waals surface area contributed by atoms with Crippen LogP contribution in [0.15, 0.2) is 30.6 Å². The molecule has 1 aliphatic rings. The molecule has 1 fully saturated rings. The SMILES string of the molecule is CCOC(=O)CCc1ccccc1O[P@](=O)(N[C@@H](C)C(=O)OCC)OC[C@H]1O[C@@H](n2cnc3c(N)nc(N)nc32)[C@](C)(O)[C@@H]1O. The Morgan fingerprint density at radius 1 is 1.20 bits per heavy atom. The van der Waals surface area contributed by atoms with Crippen molar-refractivity contribution in [1.82, 2.24) is 24.6 Å². The van der Waals surface area contributed by atoms with Crippen LogP contribution >= 0.6 is 7.75 Å². The molecule has 0 saturated carbocycles. The van der Waals surface area contributed by atoms with Crippen molar-refractivity contribution in [2.45, 2.75) is 70.6 Å². The first-order valence-electron chi connectivity index (χ1n) is 14.2. The second kappa shape index (κ2) is 14.1. The van der Waals surface area contributed by atoms with Gasteiger partial charge in [-0.1, -0.05) is 18.2 Å². The molecule has 0 bridgehead atoms. The third-order valence-electron chi connectivity index (χ3n) is 6.97. The Morgan fingerprint density at radius 3 is 2.62 bits per heavy atom. The average Bonchev–Trinajstić information content (AvgIpc) is 3.49. The van der Waals surface area contributed by atoms with Gasteiger partial charge in [-0.15, -0.1) is 0 Å². The molecular weight excluding hydrogens is 613 g/mol. The van der Waals surface area contributed by atoms with Crippen LogP contribution in [0.1, 0.15) is 45.9 Å². The predicted octanol–water partition coefficient (Wildman–Crippen LogP) is 1.24. The number of aliphatic hydroxyl groups excluding tert-OH is 1. The van der Waals surface area contributed by atoms with Gasteiger partial charge in [0, 0.05) is 6.42 Å². The normalized spacial score (nSPS) is 23.4. The average molecular weight is 652 g/mol. The molecule has 246 valence electrons. The summed E-state index contributed by atoms with van der Waals surface area (Å²) in [5, 5.41) is 24.9. The van der Waals surface area contributed by atoms with E-state index in [9.17, 15) is 24.4 Å². The quantitative estimate of drug-likeness (QED) is 0.122. The maximum Gasteiger partial charge on any atom is 0.459 e. The van der Waals surface area contributed by atoms with E-state index in [4.69, 9.17) is 34.7 Å².